The van der Waals surface area contributed by atoms with E-state index in [1.54, 1.807) is 0 Å². The molecular formula is C9H17Br. The minimum Gasteiger partial charge on any atom is -0.0928 e. The lowest BCUT2D eigenvalue weighted by Crippen LogP contribution is -1.71. The van der Waals surface area contributed by atoms with Gasteiger partial charge in [-0.25, -0.2) is 0 Å². The van der Waals surface area contributed by atoms with Crippen molar-refractivity contribution in [2.24, 2.45) is 0 Å². The van der Waals surface area contributed by atoms with Crippen molar-refractivity contribution in [1.82, 2.24) is 0 Å². The van der Waals surface area contributed by atoms with Gasteiger partial charge in [-0.05, 0) is 19.3 Å². The summed E-state index contributed by atoms with van der Waals surface area (Å²) < 4.78 is 0. The van der Waals surface area contributed by atoms with Crippen LogP contribution in [0.25, 0.3) is 0 Å². The molecule has 0 unspecified atom stereocenters. The van der Waals surface area contributed by atoms with E-state index in [0.29, 0.717) is 0 Å². The van der Waals surface area contributed by atoms with Gasteiger partial charge in [0.1, 0.15) is 0 Å². The number of allylic oxidation sites excluding steroid dienone is 2. The third-order valence-electron chi connectivity index (χ3n) is 1.40. The molecule has 0 aliphatic carbocycles. The van der Waals surface area contributed by atoms with Gasteiger partial charge in [-0.15, -0.1) is 0 Å². The van der Waals surface area contributed by atoms with E-state index in [1.807, 2.05) is 0 Å². The van der Waals surface area contributed by atoms with Gasteiger partial charge in [-0.2, -0.15) is 0 Å². The summed E-state index contributed by atoms with van der Waals surface area (Å²) in [6.07, 6.45) is 11.0. The Morgan fingerprint density at radius 2 is 1.70 bits per heavy atom. The number of unbranched alkanes of at least 4 members (excludes halogenated alkanes) is 3. The molecule has 0 aliphatic heterocycles. The zero-order chi connectivity index (χ0) is 7.66. The summed E-state index contributed by atoms with van der Waals surface area (Å²) in [4.78, 5) is 0. The quantitative estimate of drug-likeness (QED) is 0.350. The smallest absolute Gasteiger partial charge is 0.00342 e. The Hall–Kier alpha value is 0.220. The summed E-state index contributed by atoms with van der Waals surface area (Å²) in [6.45, 7) is 2.23. The van der Waals surface area contributed by atoms with E-state index in [2.05, 4.69) is 35.0 Å². The molecule has 0 radical (unpaired) electrons. The molecule has 60 valence electrons. The van der Waals surface area contributed by atoms with Crippen molar-refractivity contribution >= 4 is 15.9 Å². The van der Waals surface area contributed by atoms with Crippen molar-refractivity contribution in [3.05, 3.63) is 12.2 Å². The predicted octanol–water partition coefficient (Wildman–Crippen LogP) is 3.91. The van der Waals surface area contributed by atoms with Crippen LogP contribution in [0.1, 0.15) is 39.0 Å². The minimum absolute atomic E-state index is 1.13. The van der Waals surface area contributed by atoms with Crippen LogP contribution in [0.4, 0.5) is 0 Å². The summed E-state index contributed by atoms with van der Waals surface area (Å²) in [7, 11) is 0. The predicted molar refractivity (Wildman–Crippen MR) is 51.7 cm³/mol. The van der Waals surface area contributed by atoms with E-state index in [0.717, 1.165) is 5.33 Å². The monoisotopic (exact) mass is 204 g/mol. The van der Waals surface area contributed by atoms with Crippen LogP contribution in [0.2, 0.25) is 0 Å². The maximum Gasteiger partial charge on any atom is 0.00342 e. The lowest BCUT2D eigenvalue weighted by Gasteiger charge is -1.88. The molecule has 0 bridgehead atoms. The second kappa shape index (κ2) is 9.22. The summed E-state index contributed by atoms with van der Waals surface area (Å²) in [5.74, 6) is 0. The fourth-order valence-electron chi connectivity index (χ4n) is 0.753. The molecule has 10 heavy (non-hydrogen) atoms. The van der Waals surface area contributed by atoms with Gasteiger partial charge in [0.2, 0.25) is 0 Å². The highest BCUT2D eigenvalue weighted by Gasteiger charge is 1.79. The molecular weight excluding hydrogens is 188 g/mol. The molecule has 0 rings (SSSR count). The largest absolute Gasteiger partial charge is 0.0928 e. The van der Waals surface area contributed by atoms with Crippen molar-refractivity contribution in [1.29, 1.82) is 0 Å². The lowest BCUT2D eigenvalue weighted by atomic mass is 10.2. The van der Waals surface area contributed by atoms with E-state index >= 15 is 0 Å². The average molecular weight is 205 g/mol. The first-order chi connectivity index (χ1) is 4.91. The van der Waals surface area contributed by atoms with Gasteiger partial charge in [-0.1, -0.05) is 47.8 Å². The fraction of sp³-hybridized carbons (Fsp3) is 0.778. The molecule has 0 aromatic heterocycles. The molecule has 0 aliphatic rings. The van der Waals surface area contributed by atoms with Crippen molar-refractivity contribution in [2.45, 2.75) is 39.0 Å². The van der Waals surface area contributed by atoms with Gasteiger partial charge in [0.15, 0.2) is 0 Å². The molecule has 0 fully saturated rings. The van der Waals surface area contributed by atoms with Gasteiger partial charge in [-0.3, -0.25) is 0 Å². The highest BCUT2D eigenvalue weighted by atomic mass is 79.9. The first-order valence-corrected chi connectivity index (χ1v) is 5.25. The second-order valence-corrected chi connectivity index (χ2v) is 3.24. The Balaban J connectivity index is 2.89. The first-order valence-electron chi connectivity index (χ1n) is 4.12. The zero-order valence-electron chi connectivity index (χ0n) is 6.78. The Kier molecular flexibility index (Phi) is 9.42. The van der Waals surface area contributed by atoms with Crippen LogP contribution in [0.5, 0.6) is 0 Å². The molecule has 1 heteroatoms. The van der Waals surface area contributed by atoms with E-state index in [1.165, 1.54) is 32.1 Å². The standard InChI is InChI=1S/C9H17Br/c1-2-3-4-5-6-7-8-9-10/h5-6H,2-4,7-9H2,1H3. The van der Waals surface area contributed by atoms with Crippen molar-refractivity contribution in [2.75, 3.05) is 5.33 Å². The maximum atomic E-state index is 3.40. The molecule has 0 saturated heterocycles. The molecule has 0 atom stereocenters. The molecule has 0 aromatic carbocycles. The number of alkyl halides is 1. The second-order valence-electron chi connectivity index (χ2n) is 2.44. The van der Waals surface area contributed by atoms with Gasteiger partial charge >= 0.3 is 0 Å². The number of hydrogen-bond donors (Lipinski definition) is 0. The Morgan fingerprint density at radius 1 is 1.10 bits per heavy atom. The highest BCUT2D eigenvalue weighted by molar-refractivity contribution is 9.09. The van der Waals surface area contributed by atoms with Gasteiger partial charge in [0.25, 0.3) is 0 Å². The van der Waals surface area contributed by atoms with E-state index < -0.39 is 0 Å². The van der Waals surface area contributed by atoms with Crippen LogP contribution in [0.3, 0.4) is 0 Å². The van der Waals surface area contributed by atoms with Gasteiger partial charge in [0.05, 0.1) is 0 Å². The van der Waals surface area contributed by atoms with Crippen molar-refractivity contribution < 1.29 is 0 Å². The molecule has 0 aromatic rings. The van der Waals surface area contributed by atoms with Crippen LogP contribution in [-0.4, -0.2) is 5.33 Å². The van der Waals surface area contributed by atoms with Crippen molar-refractivity contribution in [3.8, 4) is 0 Å². The number of halogens is 1. The molecule has 0 amide bonds. The van der Waals surface area contributed by atoms with Crippen LogP contribution < -0.4 is 0 Å². The maximum absolute atomic E-state index is 3.40. The molecule has 0 N–H and O–H groups in total. The Morgan fingerprint density at radius 3 is 2.20 bits per heavy atom. The van der Waals surface area contributed by atoms with E-state index in [4.69, 9.17) is 0 Å². The van der Waals surface area contributed by atoms with Crippen LogP contribution in [0.15, 0.2) is 12.2 Å². The Bertz CT molecular complexity index is 66.8. The SMILES string of the molecule is CCCCC=CCCCBr. The fourth-order valence-corrected chi connectivity index (χ4v) is 1.08. The van der Waals surface area contributed by atoms with Gasteiger partial charge in [0, 0.05) is 5.33 Å². The molecule has 0 nitrogen and oxygen atoms in total. The summed E-state index contributed by atoms with van der Waals surface area (Å²) in [5.41, 5.74) is 0. The van der Waals surface area contributed by atoms with Crippen LogP contribution >= 0.6 is 15.9 Å². The third-order valence-corrected chi connectivity index (χ3v) is 1.96. The van der Waals surface area contributed by atoms with Crippen molar-refractivity contribution in [3.63, 3.8) is 0 Å². The minimum atomic E-state index is 1.13. The summed E-state index contributed by atoms with van der Waals surface area (Å²) in [5, 5.41) is 1.13. The number of rotatable bonds is 6. The lowest BCUT2D eigenvalue weighted by molar-refractivity contribution is 0.810. The highest BCUT2D eigenvalue weighted by Crippen LogP contribution is 1.99. The molecule has 0 saturated carbocycles. The first kappa shape index (κ1) is 10.2. The zero-order valence-corrected chi connectivity index (χ0v) is 8.36. The van der Waals surface area contributed by atoms with E-state index in [9.17, 15) is 0 Å². The average Bonchev–Trinajstić information content (AvgIpc) is 1.97. The molecule has 0 heterocycles. The third kappa shape index (κ3) is 8.22. The number of hydrogen-bond acceptors (Lipinski definition) is 0. The summed E-state index contributed by atoms with van der Waals surface area (Å²) in [6, 6.07) is 0. The van der Waals surface area contributed by atoms with E-state index in [-0.39, 0.29) is 0 Å². The van der Waals surface area contributed by atoms with Crippen LogP contribution in [0, 0.1) is 0 Å². The summed E-state index contributed by atoms with van der Waals surface area (Å²) >= 11 is 3.40. The van der Waals surface area contributed by atoms with Gasteiger partial charge < -0.3 is 0 Å². The van der Waals surface area contributed by atoms with Crippen LogP contribution in [-0.2, 0) is 0 Å². The topological polar surface area (TPSA) is 0 Å². The normalized spacial score (nSPS) is 11.0. The molecule has 0 spiro atoms. The Labute approximate surface area is 72.8 Å².